The molecule has 164 valence electrons. The second-order valence-electron chi connectivity index (χ2n) is 8.04. The third kappa shape index (κ3) is 6.29. The number of rotatable bonds is 11. The summed E-state index contributed by atoms with van der Waals surface area (Å²) in [7, 11) is 5.76. The molecule has 8 nitrogen and oxygen atoms in total. The van der Waals surface area contributed by atoms with Gasteiger partial charge < -0.3 is 29.7 Å². The minimum Gasteiger partial charge on any atom is -0.493 e. The van der Waals surface area contributed by atoms with Crippen LogP contribution >= 0.6 is 0 Å². The molecule has 0 bridgehead atoms. The van der Waals surface area contributed by atoms with Crippen LogP contribution < -0.4 is 19.7 Å². The molecule has 1 aliphatic rings. The van der Waals surface area contributed by atoms with Gasteiger partial charge in [0.15, 0.2) is 11.5 Å². The Balaban J connectivity index is 1.47. The molecule has 1 atom stereocenters. The maximum absolute atomic E-state index is 10.9. The predicted molar refractivity (Wildman–Crippen MR) is 117 cm³/mol. The summed E-state index contributed by atoms with van der Waals surface area (Å²) in [5.74, 6) is 2.15. The van der Waals surface area contributed by atoms with E-state index >= 15 is 0 Å². The Morgan fingerprint density at radius 1 is 1.23 bits per heavy atom. The molecule has 1 aliphatic heterocycles. The van der Waals surface area contributed by atoms with Crippen LogP contribution in [0, 0.1) is 0 Å². The van der Waals surface area contributed by atoms with Crippen LogP contribution in [0.15, 0.2) is 36.7 Å². The number of β-amino-alcohol motifs (C(OH)–C–C–N with tert-alkyl or cyclic N) is 1. The first kappa shape index (κ1) is 22.3. The standard InChI is InChI=1S/C22H33N5O3/c1-26(2)11-5-13-30-19-7-6-18(14-20(19)29-3)15-23-16-22(28)8-12-27(17-22)21-24-9-4-10-25-21/h4,6-7,9-10,14,23,28H,5,8,11-13,15-17H2,1-3H3/t22-/m1/s1. The summed E-state index contributed by atoms with van der Waals surface area (Å²) in [6.07, 6.45) is 5.09. The van der Waals surface area contributed by atoms with Crippen LogP contribution in [0.25, 0.3) is 0 Å². The first-order chi connectivity index (χ1) is 14.5. The van der Waals surface area contributed by atoms with Crippen molar-refractivity contribution in [2.24, 2.45) is 0 Å². The molecule has 1 fully saturated rings. The molecule has 0 amide bonds. The summed E-state index contributed by atoms with van der Waals surface area (Å²) in [6, 6.07) is 7.75. The third-order valence-electron chi connectivity index (χ3n) is 5.19. The number of hydrogen-bond acceptors (Lipinski definition) is 8. The fourth-order valence-electron chi connectivity index (χ4n) is 3.57. The second-order valence-corrected chi connectivity index (χ2v) is 8.04. The van der Waals surface area contributed by atoms with E-state index in [1.54, 1.807) is 25.6 Å². The Labute approximate surface area is 178 Å². The zero-order chi connectivity index (χ0) is 21.4. The van der Waals surface area contributed by atoms with Crippen LogP contribution in [0.2, 0.25) is 0 Å². The van der Waals surface area contributed by atoms with E-state index in [9.17, 15) is 5.11 Å². The molecular weight excluding hydrogens is 382 g/mol. The molecule has 0 unspecified atom stereocenters. The number of ether oxygens (including phenoxy) is 2. The van der Waals surface area contributed by atoms with Crippen LogP contribution in [-0.2, 0) is 6.54 Å². The van der Waals surface area contributed by atoms with Gasteiger partial charge in [-0.15, -0.1) is 0 Å². The summed E-state index contributed by atoms with van der Waals surface area (Å²) in [4.78, 5) is 12.7. The average molecular weight is 416 g/mol. The number of anilines is 1. The summed E-state index contributed by atoms with van der Waals surface area (Å²) in [5.41, 5.74) is 0.288. The van der Waals surface area contributed by atoms with Crippen LogP contribution in [-0.4, -0.2) is 79.6 Å². The lowest BCUT2D eigenvalue weighted by atomic mass is 10.0. The minimum absolute atomic E-state index is 0.501. The molecule has 8 heteroatoms. The van der Waals surface area contributed by atoms with Gasteiger partial charge in [-0.25, -0.2) is 9.97 Å². The van der Waals surface area contributed by atoms with Crippen molar-refractivity contribution in [2.75, 3.05) is 58.9 Å². The maximum Gasteiger partial charge on any atom is 0.225 e. The van der Waals surface area contributed by atoms with Gasteiger partial charge in [0.2, 0.25) is 5.95 Å². The molecule has 2 aromatic rings. The lowest BCUT2D eigenvalue weighted by Crippen LogP contribution is -2.43. The zero-order valence-corrected chi connectivity index (χ0v) is 18.2. The third-order valence-corrected chi connectivity index (χ3v) is 5.19. The lowest BCUT2D eigenvalue weighted by Gasteiger charge is -2.24. The van der Waals surface area contributed by atoms with Crippen molar-refractivity contribution >= 4 is 5.95 Å². The van der Waals surface area contributed by atoms with Gasteiger partial charge in [-0.1, -0.05) is 6.07 Å². The van der Waals surface area contributed by atoms with E-state index in [-0.39, 0.29) is 0 Å². The van der Waals surface area contributed by atoms with Crippen molar-refractivity contribution < 1.29 is 14.6 Å². The van der Waals surface area contributed by atoms with Gasteiger partial charge in [-0.3, -0.25) is 0 Å². The molecule has 0 saturated carbocycles. The summed E-state index contributed by atoms with van der Waals surface area (Å²) in [5, 5.41) is 14.3. The molecule has 3 rings (SSSR count). The number of nitrogens with zero attached hydrogens (tertiary/aromatic N) is 4. The first-order valence-corrected chi connectivity index (χ1v) is 10.4. The van der Waals surface area contributed by atoms with E-state index in [1.165, 1.54) is 0 Å². The Morgan fingerprint density at radius 3 is 2.77 bits per heavy atom. The fourth-order valence-corrected chi connectivity index (χ4v) is 3.57. The largest absolute Gasteiger partial charge is 0.493 e. The summed E-state index contributed by atoms with van der Waals surface area (Å²) in [6.45, 7) is 4.05. The van der Waals surface area contributed by atoms with Crippen LogP contribution in [0.4, 0.5) is 5.95 Å². The molecule has 1 saturated heterocycles. The van der Waals surface area contributed by atoms with Crippen molar-refractivity contribution in [3.05, 3.63) is 42.2 Å². The van der Waals surface area contributed by atoms with E-state index in [4.69, 9.17) is 9.47 Å². The molecule has 1 aromatic carbocycles. The van der Waals surface area contributed by atoms with Gasteiger partial charge in [0.1, 0.15) is 0 Å². The molecule has 1 aromatic heterocycles. The van der Waals surface area contributed by atoms with Gasteiger partial charge in [0.05, 0.1) is 25.9 Å². The molecular formula is C22H33N5O3. The quantitative estimate of drug-likeness (QED) is 0.535. The summed E-state index contributed by atoms with van der Waals surface area (Å²) >= 11 is 0. The molecule has 2 N–H and O–H groups in total. The fraction of sp³-hybridized carbons (Fsp3) is 0.545. The lowest BCUT2D eigenvalue weighted by molar-refractivity contribution is 0.0626. The van der Waals surface area contributed by atoms with Gasteiger partial charge >= 0.3 is 0 Å². The van der Waals surface area contributed by atoms with Gasteiger partial charge in [-0.2, -0.15) is 0 Å². The van der Waals surface area contributed by atoms with E-state index in [2.05, 4.69) is 34.3 Å². The summed E-state index contributed by atoms with van der Waals surface area (Å²) < 4.78 is 11.4. The van der Waals surface area contributed by atoms with Gasteiger partial charge in [0.25, 0.3) is 0 Å². The van der Waals surface area contributed by atoms with Crippen LogP contribution in [0.3, 0.4) is 0 Å². The van der Waals surface area contributed by atoms with E-state index in [0.717, 1.165) is 36.6 Å². The number of nitrogens with one attached hydrogen (secondary N) is 1. The first-order valence-electron chi connectivity index (χ1n) is 10.4. The Bertz CT molecular complexity index is 790. The normalized spacial score (nSPS) is 18.8. The maximum atomic E-state index is 10.9. The smallest absolute Gasteiger partial charge is 0.225 e. The van der Waals surface area contributed by atoms with E-state index in [0.29, 0.717) is 38.6 Å². The van der Waals surface area contributed by atoms with E-state index in [1.807, 2.05) is 23.1 Å². The molecule has 0 radical (unpaired) electrons. The Kier molecular flexibility index (Phi) is 7.84. The monoisotopic (exact) mass is 415 g/mol. The number of aliphatic hydroxyl groups is 1. The molecule has 2 heterocycles. The highest BCUT2D eigenvalue weighted by molar-refractivity contribution is 5.43. The van der Waals surface area contributed by atoms with Gasteiger partial charge in [-0.05, 0) is 50.7 Å². The highest BCUT2D eigenvalue weighted by Gasteiger charge is 2.36. The predicted octanol–water partition coefficient (Wildman–Crippen LogP) is 1.55. The van der Waals surface area contributed by atoms with Crippen molar-refractivity contribution in [3.63, 3.8) is 0 Å². The average Bonchev–Trinajstić information content (AvgIpc) is 3.14. The number of methoxy groups -OCH3 is 1. The van der Waals surface area contributed by atoms with Gasteiger partial charge in [0, 0.05) is 38.6 Å². The van der Waals surface area contributed by atoms with Crippen LogP contribution in [0.1, 0.15) is 18.4 Å². The Hall–Kier alpha value is -2.42. The highest BCUT2D eigenvalue weighted by atomic mass is 16.5. The highest BCUT2D eigenvalue weighted by Crippen LogP contribution is 2.28. The number of aromatic nitrogens is 2. The number of hydrogen-bond donors (Lipinski definition) is 2. The SMILES string of the molecule is COc1cc(CNC[C@]2(O)CCN(c3ncccn3)C2)ccc1OCCCN(C)C. The van der Waals surface area contributed by atoms with E-state index < -0.39 is 5.60 Å². The molecule has 0 spiro atoms. The molecule has 0 aliphatic carbocycles. The van der Waals surface area contributed by atoms with Crippen LogP contribution in [0.5, 0.6) is 11.5 Å². The number of benzene rings is 1. The minimum atomic E-state index is -0.793. The molecule has 30 heavy (non-hydrogen) atoms. The second kappa shape index (κ2) is 10.6. The van der Waals surface area contributed by atoms with Crippen molar-refractivity contribution in [1.82, 2.24) is 20.2 Å². The van der Waals surface area contributed by atoms with Crippen molar-refractivity contribution in [3.8, 4) is 11.5 Å². The zero-order valence-electron chi connectivity index (χ0n) is 18.2. The Morgan fingerprint density at radius 2 is 2.03 bits per heavy atom. The van der Waals surface area contributed by atoms with Crippen molar-refractivity contribution in [1.29, 1.82) is 0 Å². The van der Waals surface area contributed by atoms with Crippen molar-refractivity contribution in [2.45, 2.75) is 25.0 Å². The topological polar surface area (TPSA) is 83.0 Å².